The van der Waals surface area contributed by atoms with Crippen molar-refractivity contribution >= 4 is 0 Å². The maximum atomic E-state index is 2.69. The summed E-state index contributed by atoms with van der Waals surface area (Å²) in [6.07, 6.45) is 7.20. The molecule has 0 saturated heterocycles. The summed E-state index contributed by atoms with van der Waals surface area (Å²) < 4.78 is 0. The van der Waals surface area contributed by atoms with Crippen LogP contribution in [0.5, 0.6) is 0 Å². The van der Waals surface area contributed by atoms with Crippen molar-refractivity contribution in [3.63, 3.8) is 0 Å². The van der Waals surface area contributed by atoms with Gasteiger partial charge in [0, 0.05) is 18.1 Å². The molecule has 1 nitrogen and oxygen atoms in total. The van der Waals surface area contributed by atoms with E-state index in [0.29, 0.717) is 12.1 Å². The van der Waals surface area contributed by atoms with Crippen molar-refractivity contribution in [1.82, 2.24) is 4.90 Å². The molecule has 1 saturated carbocycles. The Morgan fingerprint density at radius 1 is 0.846 bits per heavy atom. The number of rotatable bonds is 3. The third-order valence-corrected chi connectivity index (χ3v) is 3.19. The quantitative estimate of drug-likeness (QED) is 0.648. The monoisotopic (exact) mass is 183 g/mol. The fraction of sp³-hybridized carbons (Fsp3) is 1.00. The molecule has 0 aromatic carbocycles. The SMILES string of the molecule is CC(C)N(C(C)C)C1CCCCC1. The Hall–Kier alpha value is -0.0400. The highest BCUT2D eigenvalue weighted by Gasteiger charge is 2.24. The van der Waals surface area contributed by atoms with Crippen molar-refractivity contribution in [1.29, 1.82) is 0 Å². The van der Waals surface area contributed by atoms with E-state index in [2.05, 4.69) is 32.6 Å². The zero-order chi connectivity index (χ0) is 9.84. The van der Waals surface area contributed by atoms with Crippen LogP contribution in [0.2, 0.25) is 0 Å². The molecule has 1 fully saturated rings. The summed E-state index contributed by atoms with van der Waals surface area (Å²) in [4.78, 5) is 2.69. The summed E-state index contributed by atoms with van der Waals surface area (Å²) in [7, 11) is 0. The van der Waals surface area contributed by atoms with E-state index in [0.717, 1.165) is 6.04 Å². The van der Waals surface area contributed by atoms with E-state index >= 15 is 0 Å². The molecule has 0 unspecified atom stereocenters. The number of hydrogen-bond acceptors (Lipinski definition) is 1. The Labute approximate surface area is 83.5 Å². The maximum Gasteiger partial charge on any atom is 0.0101 e. The fourth-order valence-electron chi connectivity index (χ4n) is 2.82. The molecule has 0 bridgehead atoms. The van der Waals surface area contributed by atoms with E-state index in [9.17, 15) is 0 Å². The second-order valence-corrected chi connectivity index (χ2v) is 4.93. The molecule has 78 valence electrons. The van der Waals surface area contributed by atoms with E-state index < -0.39 is 0 Å². The van der Waals surface area contributed by atoms with Gasteiger partial charge in [0.2, 0.25) is 0 Å². The summed E-state index contributed by atoms with van der Waals surface area (Å²) in [6.45, 7) is 9.31. The van der Waals surface area contributed by atoms with Gasteiger partial charge in [0.25, 0.3) is 0 Å². The molecule has 0 aliphatic heterocycles. The van der Waals surface area contributed by atoms with Crippen LogP contribution in [0, 0.1) is 0 Å². The first-order chi connectivity index (χ1) is 6.13. The molecule has 0 N–H and O–H groups in total. The Morgan fingerprint density at radius 3 is 1.69 bits per heavy atom. The predicted octanol–water partition coefficient (Wildman–Crippen LogP) is 3.44. The van der Waals surface area contributed by atoms with Gasteiger partial charge in [0.1, 0.15) is 0 Å². The predicted molar refractivity (Wildman–Crippen MR) is 59.0 cm³/mol. The number of nitrogens with zero attached hydrogens (tertiary/aromatic N) is 1. The zero-order valence-electron chi connectivity index (χ0n) is 9.71. The van der Waals surface area contributed by atoms with Gasteiger partial charge >= 0.3 is 0 Å². The highest BCUT2D eigenvalue weighted by Crippen LogP contribution is 2.25. The summed E-state index contributed by atoms with van der Waals surface area (Å²) in [5, 5.41) is 0. The molecule has 0 heterocycles. The summed E-state index contributed by atoms with van der Waals surface area (Å²) in [6, 6.07) is 2.29. The van der Waals surface area contributed by atoms with Crippen LogP contribution in [0.25, 0.3) is 0 Å². The fourth-order valence-corrected chi connectivity index (χ4v) is 2.82. The van der Waals surface area contributed by atoms with Crippen LogP contribution >= 0.6 is 0 Å². The van der Waals surface area contributed by atoms with Gasteiger partial charge in [-0.3, -0.25) is 4.90 Å². The Balaban J connectivity index is 2.52. The van der Waals surface area contributed by atoms with E-state index in [4.69, 9.17) is 0 Å². The van der Waals surface area contributed by atoms with E-state index in [1.54, 1.807) is 0 Å². The molecule has 0 spiro atoms. The largest absolute Gasteiger partial charge is 0.296 e. The van der Waals surface area contributed by atoms with Crippen LogP contribution in [0.15, 0.2) is 0 Å². The van der Waals surface area contributed by atoms with E-state index in [1.807, 2.05) is 0 Å². The zero-order valence-corrected chi connectivity index (χ0v) is 9.71. The molecular weight excluding hydrogens is 158 g/mol. The molecular formula is C12H25N. The van der Waals surface area contributed by atoms with Crippen molar-refractivity contribution in [3.8, 4) is 0 Å². The second kappa shape index (κ2) is 4.99. The van der Waals surface area contributed by atoms with Gasteiger partial charge in [0.15, 0.2) is 0 Å². The first-order valence-corrected chi connectivity index (χ1v) is 5.90. The van der Waals surface area contributed by atoms with Gasteiger partial charge in [-0.2, -0.15) is 0 Å². The molecule has 0 aromatic rings. The molecule has 0 atom stereocenters. The normalized spacial score (nSPS) is 20.5. The van der Waals surface area contributed by atoms with Crippen LogP contribution in [0.4, 0.5) is 0 Å². The summed E-state index contributed by atoms with van der Waals surface area (Å²) >= 11 is 0. The lowest BCUT2D eigenvalue weighted by Crippen LogP contribution is -2.45. The van der Waals surface area contributed by atoms with Crippen LogP contribution in [0.3, 0.4) is 0 Å². The molecule has 13 heavy (non-hydrogen) atoms. The van der Waals surface area contributed by atoms with Crippen molar-refractivity contribution in [3.05, 3.63) is 0 Å². The third-order valence-electron chi connectivity index (χ3n) is 3.19. The molecule has 0 aromatic heterocycles. The topological polar surface area (TPSA) is 3.24 Å². The van der Waals surface area contributed by atoms with Gasteiger partial charge in [-0.05, 0) is 40.5 Å². The third kappa shape index (κ3) is 2.98. The molecule has 1 aliphatic carbocycles. The van der Waals surface area contributed by atoms with E-state index in [-0.39, 0.29) is 0 Å². The van der Waals surface area contributed by atoms with Gasteiger partial charge < -0.3 is 0 Å². The average molecular weight is 183 g/mol. The minimum Gasteiger partial charge on any atom is -0.296 e. The molecule has 1 heteroatoms. The smallest absolute Gasteiger partial charge is 0.0101 e. The number of hydrogen-bond donors (Lipinski definition) is 0. The van der Waals surface area contributed by atoms with Crippen molar-refractivity contribution in [2.75, 3.05) is 0 Å². The Morgan fingerprint density at radius 2 is 1.31 bits per heavy atom. The van der Waals surface area contributed by atoms with Crippen molar-refractivity contribution in [2.45, 2.75) is 77.9 Å². The first kappa shape index (κ1) is 11.0. The second-order valence-electron chi connectivity index (χ2n) is 4.93. The molecule has 0 amide bonds. The highest BCUT2D eigenvalue weighted by molar-refractivity contribution is 4.80. The van der Waals surface area contributed by atoms with Crippen LogP contribution in [0.1, 0.15) is 59.8 Å². The highest BCUT2D eigenvalue weighted by atomic mass is 15.2. The lowest BCUT2D eigenvalue weighted by molar-refractivity contribution is 0.0864. The van der Waals surface area contributed by atoms with Crippen molar-refractivity contribution in [2.24, 2.45) is 0 Å². The lowest BCUT2D eigenvalue weighted by atomic mass is 9.92. The first-order valence-electron chi connectivity index (χ1n) is 5.90. The Bertz CT molecular complexity index is 126. The molecule has 1 aliphatic rings. The van der Waals surface area contributed by atoms with Gasteiger partial charge in [-0.15, -0.1) is 0 Å². The maximum absolute atomic E-state index is 2.69. The van der Waals surface area contributed by atoms with Gasteiger partial charge in [-0.25, -0.2) is 0 Å². The van der Waals surface area contributed by atoms with Gasteiger partial charge in [0.05, 0.1) is 0 Å². The summed E-state index contributed by atoms with van der Waals surface area (Å²) in [5.41, 5.74) is 0. The standard InChI is InChI=1S/C12H25N/c1-10(2)13(11(3)4)12-8-6-5-7-9-12/h10-12H,5-9H2,1-4H3. The summed E-state index contributed by atoms with van der Waals surface area (Å²) in [5.74, 6) is 0. The lowest BCUT2D eigenvalue weighted by Gasteiger charge is -2.40. The van der Waals surface area contributed by atoms with Crippen LogP contribution < -0.4 is 0 Å². The van der Waals surface area contributed by atoms with Crippen LogP contribution in [-0.2, 0) is 0 Å². The van der Waals surface area contributed by atoms with Crippen molar-refractivity contribution < 1.29 is 0 Å². The Kier molecular flexibility index (Phi) is 4.24. The minimum atomic E-state index is 0.711. The molecule has 0 radical (unpaired) electrons. The van der Waals surface area contributed by atoms with Crippen LogP contribution in [-0.4, -0.2) is 23.0 Å². The van der Waals surface area contributed by atoms with E-state index in [1.165, 1.54) is 32.1 Å². The molecule has 1 rings (SSSR count). The van der Waals surface area contributed by atoms with Gasteiger partial charge in [-0.1, -0.05) is 19.3 Å². The minimum absolute atomic E-state index is 0.711. The average Bonchev–Trinajstić information content (AvgIpc) is 2.04.